The number of carbonyl (C=O) groups excluding carboxylic acids is 1. The van der Waals surface area contributed by atoms with Gasteiger partial charge in [0.1, 0.15) is 41.1 Å². The van der Waals surface area contributed by atoms with E-state index in [9.17, 15) is 25.2 Å². The van der Waals surface area contributed by atoms with E-state index < -0.39 is 95.5 Å². The van der Waals surface area contributed by atoms with E-state index in [1.807, 2.05) is 58.2 Å². The molecule has 18 atom stereocenters. The van der Waals surface area contributed by atoms with Crippen LogP contribution in [-0.2, 0) is 33.2 Å². The SMILES string of the molecule is CC[C@H]1OC(=O)[C@H](C)[C@@H](O[C@H]2C[C@@](C)(OC)[C@](O)(CNn3ccnc3)[C@H](C)O2)[C@H](C)[C@@H](O[C@@H]2O[C@H](C)C[C@H](NC)[C@H]2Oc2ccccc2)[C@](C)(O)C[C@@H](C)CN[C@H](C)[C@@H](O)[C@]1(C)O. The molecule has 17 heteroatoms. The molecule has 0 aliphatic carbocycles. The lowest BCUT2D eigenvalue weighted by molar-refractivity contribution is -0.334. The Kier molecular flexibility index (Phi) is 17.1. The van der Waals surface area contributed by atoms with Crippen LogP contribution in [0.15, 0.2) is 49.1 Å². The molecule has 0 bridgehead atoms. The molecule has 63 heavy (non-hydrogen) atoms. The highest BCUT2D eigenvalue weighted by molar-refractivity contribution is 5.73. The number of para-hydroxylation sites is 1. The highest BCUT2D eigenvalue weighted by Gasteiger charge is 2.59. The molecule has 2 aromatic rings. The second kappa shape index (κ2) is 21.1. The Labute approximate surface area is 373 Å². The number of hydrogen-bond donors (Lipinski definition) is 7. The van der Waals surface area contributed by atoms with Gasteiger partial charge in [-0.25, -0.2) is 4.98 Å². The van der Waals surface area contributed by atoms with Gasteiger partial charge in [0.2, 0.25) is 0 Å². The molecule has 1 aromatic carbocycles. The van der Waals surface area contributed by atoms with Crippen molar-refractivity contribution in [1.82, 2.24) is 20.3 Å². The molecule has 5 rings (SSSR count). The van der Waals surface area contributed by atoms with Crippen LogP contribution in [0.1, 0.15) is 94.9 Å². The maximum atomic E-state index is 14.5. The van der Waals surface area contributed by atoms with Crippen LogP contribution in [0.4, 0.5) is 0 Å². The first-order chi connectivity index (χ1) is 29.6. The van der Waals surface area contributed by atoms with Crippen LogP contribution in [0, 0.1) is 17.8 Å². The predicted octanol–water partition coefficient (Wildman–Crippen LogP) is 3.11. The number of carbonyl (C=O) groups is 1. The molecular weight excluding hydrogens is 815 g/mol. The maximum absolute atomic E-state index is 14.5. The number of cyclic esters (lactones) is 1. The van der Waals surface area contributed by atoms with Gasteiger partial charge >= 0.3 is 5.97 Å². The van der Waals surface area contributed by atoms with E-state index in [2.05, 4.69) is 21.0 Å². The summed E-state index contributed by atoms with van der Waals surface area (Å²) in [4.78, 5) is 18.6. The standard InChI is InChI=1S/C46H77N5O12/c1-13-35-45(10,55)39(52)31(6)49-24-27(2)22-43(8,54)40(63-42-38(34(47-11)21-28(3)58-42)60-33-17-15-14-16-18-33)29(4)37(30(5)41(53)61-35)62-36-23-44(9,57-12)46(56,32(7)59-36)25-50-51-20-19-48-26-51/h14-20,26-32,34-40,42,47,49-50,52,54-56H,13,21-25H2,1-12H3/t27-,28-,29+,30-,31-,32+,34+,35-,36+,37+,38-,39-,40-,42+,43-,44-,45-,46+/m1/s1. The van der Waals surface area contributed by atoms with Crippen LogP contribution in [0.3, 0.4) is 0 Å². The molecule has 3 fully saturated rings. The van der Waals surface area contributed by atoms with Crippen molar-refractivity contribution in [2.45, 2.75) is 185 Å². The zero-order valence-corrected chi connectivity index (χ0v) is 39.4. The van der Waals surface area contributed by atoms with Crippen molar-refractivity contribution in [3.05, 3.63) is 49.1 Å². The van der Waals surface area contributed by atoms with Crippen LogP contribution < -0.4 is 20.8 Å². The Morgan fingerprint density at radius 1 is 0.984 bits per heavy atom. The second-order valence-electron chi connectivity index (χ2n) is 19.1. The number of aliphatic hydroxyl groups excluding tert-OH is 1. The number of esters is 1. The Morgan fingerprint density at radius 3 is 2.30 bits per heavy atom. The lowest BCUT2D eigenvalue weighted by Crippen LogP contribution is -2.69. The number of imidazole rings is 1. The Morgan fingerprint density at radius 2 is 1.68 bits per heavy atom. The number of nitrogens with one attached hydrogen (secondary N) is 3. The summed E-state index contributed by atoms with van der Waals surface area (Å²) in [5.74, 6) is -2.08. The van der Waals surface area contributed by atoms with Crippen LogP contribution in [0.5, 0.6) is 5.75 Å². The minimum absolute atomic E-state index is 0.0401. The van der Waals surface area contributed by atoms with E-state index in [4.69, 9.17) is 33.2 Å². The lowest BCUT2D eigenvalue weighted by atomic mass is 9.75. The van der Waals surface area contributed by atoms with Gasteiger partial charge in [0.05, 0.1) is 48.5 Å². The summed E-state index contributed by atoms with van der Waals surface area (Å²) < 4.78 is 47.6. The number of aromatic nitrogens is 2. The molecule has 4 heterocycles. The Bertz CT molecular complexity index is 1710. The average Bonchev–Trinajstić information content (AvgIpc) is 3.77. The van der Waals surface area contributed by atoms with Gasteiger partial charge in [-0.1, -0.05) is 39.0 Å². The quantitative estimate of drug-likeness (QED) is 0.153. The predicted molar refractivity (Wildman–Crippen MR) is 235 cm³/mol. The minimum atomic E-state index is -1.83. The van der Waals surface area contributed by atoms with Crippen molar-refractivity contribution in [2.24, 2.45) is 17.8 Å². The van der Waals surface area contributed by atoms with Gasteiger partial charge in [0.15, 0.2) is 18.7 Å². The summed E-state index contributed by atoms with van der Waals surface area (Å²) in [6.45, 7) is 18.1. The Hall–Kier alpha value is -2.94. The molecule has 0 radical (unpaired) electrons. The van der Waals surface area contributed by atoms with Gasteiger partial charge in [-0.05, 0) is 99.4 Å². The summed E-state index contributed by atoms with van der Waals surface area (Å²) in [7, 11) is 3.38. The molecule has 3 aliphatic heterocycles. The summed E-state index contributed by atoms with van der Waals surface area (Å²) >= 11 is 0. The van der Waals surface area contributed by atoms with Crippen molar-refractivity contribution in [1.29, 1.82) is 0 Å². The molecule has 17 nitrogen and oxygen atoms in total. The fourth-order valence-electron chi connectivity index (χ4n) is 9.89. The molecule has 0 saturated carbocycles. The van der Waals surface area contributed by atoms with Crippen molar-refractivity contribution < 1.29 is 58.4 Å². The molecule has 1 aromatic heterocycles. The number of methoxy groups -OCH3 is 1. The molecule has 3 saturated heterocycles. The van der Waals surface area contributed by atoms with Crippen LogP contribution >= 0.6 is 0 Å². The van der Waals surface area contributed by atoms with E-state index >= 15 is 0 Å². The van der Waals surface area contributed by atoms with Gasteiger partial charge in [0.25, 0.3) is 0 Å². The highest BCUT2D eigenvalue weighted by Crippen LogP contribution is 2.43. The Balaban J connectivity index is 1.58. The van der Waals surface area contributed by atoms with Crippen molar-refractivity contribution >= 4 is 5.97 Å². The summed E-state index contributed by atoms with van der Waals surface area (Å²) in [6, 6.07) is 8.61. The summed E-state index contributed by atoms with van der Waals surface area (Å²) in [6.07, 6.45) is -2.28. The number of ether oxygens (including phenoxy) is 7. The third-order valence-electron chi connectivity index (χ3n) is 14.0. The first-order valence-electron chi connectivity index (χ1n) is 22.7. The third kappa shape index (κ3) is 11.5. The van der Waals surface area contributed by atoms with Gasteiger partial charge in [-0.3, -0.25) is 9.47 Å². The largest absolute Gasteiger partial charge is 0.483 e. The number of rotatable bonds is 12. The molecular formula is C46H77N5O12. The molecule has 0 spiro atoms. The number of hydrogen-bond acceptors (Lipinski definition) is 16. The number of likely N-dealkylation sites (N-methyl/N-ethyl adjacent to an activating group) is 1. The second-order valence-corrected chi connectivity index (χ2v) is 19.1. The van der Waals surface area contributed by atoms with Crippen molar-refractivity contribution in [3.8, 4) is 5.75 Å². The van der Waals surface area contributed by atoms with Gasteiger partial charge in [-0.15, -0.1) is 0 Å². The summed E-state index contributed by atoms with van der Waals surface area (Å²) in [5, 5.41) is 55.1. The number of benzene rings is 1. The molecule has 0 amide bonds. The smallest absolute Gasteiger partial charge is 0.311 e. The molecule has 358 valence electrons. The molecule has 7 N–H and O–H groups in total. The first kappa shape index (κ1) is 51.1. The highest BCUT2D eigenvalue weighted by atomic mass is 16.7. The van der Waals surface area contributed by atoms with Crippen LogP contribution in [0.25, 0.3) is 0 Å². The first-order valence-corrected chi connectivity index (χ1v) is 22.7. The topological polar surface area (TPSA) is 217 Å². The van der Waals surface area contributed by atoms with Crippen LogP contribution in [0.2, 0.25) is 0 Å². The zero-order valence-electron chi connectivity index (χ0n) is 39.4. The molecule has 3 aliphatic rings. The third-order valence-corrected chi connectivity index (χ3v) is 14.0. The zero-order chi connectivity index (χ0) is 46.5. The maximum Gasteiger partial charge on any atom is 0.311 e. The minimum Gasteiger partial charge on any atom is -0.483 e. The van der Waals surface area contributed by atoms with E-state index in [0.717, 1.165) is 0 Å². The number of aliphatic hydroxyl groups is 4. The fourth-order valence-corrected chi connectivity index (χ4v) is 9.89. The lowest BCUT2D eigenvalue weighted by Gasteiger charge is -2.53. The fraction of sp³-hybridized carbons (Fsp3) is 0.783. The van der Waals surface area contributed by atoms with E-state index in [0.29, 0.717) is 18.7 Å². The average molecular weight is 892 g/mol. The van der Waals surface area contributed by atoms with Gasteiger partial charge < -0.3 is 69.6 Å². The number of nitrogens with zero attached hydrogens (tertiary/aromatic N) is 2. The van der Waals surface area contributed by atoms with E-state index in [1.165, 1.54) is 14.0 Å². The molecule has 0 unspecified atom stereocenters. The van der Waals surface area contributed by atoms with E-state index in [1.54, 1.807) is 64.9 Å². The summed E-state index contributed by atoms with van der Waals surface area (Å²) in [5.41, 5.74) is -3.04. The van der Waals surface area contributed by atoms with Crippen molar-refractivity contribution in [3.63, 3.8) is 0 Å². The van der Waals surface area contributed by atoms with Gasteiger partial charge in [-0.2, -0.15) is 0 Å². The van der Waals surface area contributed by atoms with E-state index in [-0.39, 0.29) is 43.9 Å². The monoisotopic (exact) mass is 892 g/mol. The normalized spacial score (nSPS) is 43.6. The van der Waals surface area contributed by atoms with Gasteiger partial charge in [0, 0.05) is 37.9 Å². The van der Waals surface area contributed by atoms with Crippen LogP contribution in [-0.4, -0.2) is 153 Å². The van der Waals surface area contributed by atoms with Crippen molar-refractivity contribution in [2.75, 3.05) is 32.7 Å².